The quantitative estimate of drug-likeness (QED) is 0.786. The van der Waals surface area contributed by atoms with Gasteiger partial charge in [0.1, 0.15) is 0 Å². The van der Waals surface area contributed by atoms with E-state index >= 15 is 0 Å². The molecule has 3 nitrogen and oxygen atoms in total. The molecule has 0 saturated carbocycles. The highest BCUT2D eigenvalue weighted by atomic mass is 79.9. The lowest BCUT2D eigenvalue weighted by molar-refractivity contribution is 0.0970. The third-order valence-electron chi connectivity index (χ3n) is 3.39. The molecule has 0 bridgehead atoms. The fraction of sp³-hybridized carbons (Fsp3) is 0.294. The number of rotatable bonds is 4. The van der Waals surface area contributed by atoms with E-state index in [9.17, 15) is 9.59 Å². The van der Waals surface area contributed by atoms with Crippen molar-refractivity contribution in [1.29, 1.82) is 0 Å². The predicted octanol–water partition coefficient (Wildman–Crippen LogP) is 3.93. The van der Waals surface area contributed by atoms with Crippen LogP contribution in [-0.2, 0) is 6.54 Å². The van der Waals surface area contributed by atoms with Crippen molar-refractivity contribution in [3.8, 4) is 0 Å². The standard InChI is InChI=1S/C17H18BrNO2/c1-11(2)13-4-6-14(7-5-13)16(20)10-19-9-12(3)8-15(18)17(19)21/h4-9,11H,10H2,1-3H3. The van der Waals surface area contributed by atoms with E-state index in [1.165, 1.54) is 10.1 Å². The van der Waals surface area contributed by atoms with Gasteiger partial charge in [0.05, 0.1) is 11.0 Å². The number of aromatic nitrogens is 1. The first-order valence-corrected chi connectivity index (χ1v) is 7.67. The molecule has 4 heteroatoms. The van der Waals surface area contributed by atoms with Crippen LogP contribution in [0.25, 0.3) is 0 Å². The molecular weight excluding hydrogens is 330 g/mol. The van der Waals surface area contributed by atoms with Crippen molar-refractivity contribution in [3.63, 3.8) is 0 Å². The number of ketones is 1. The molecule has 110 valence electrons. The maximum atomic E-state index is 12.3. The number of carbonyl (C=O) groups is 1. The van der Waals surface area contributed by atoms with E-state index in [-0.39, 0.29) is 17.9 Å². The SMILES string of the molecule is Cc1cc(Br)c(=O)n(CC(=O)c2ccc(C(C)C)cc2)c1. The molecule has 0 saturated heterocycles. The summed E-state index contributed by atoms with van der Waals surface area (Å²) in [5.41, 5.74) is 2.57. The molecule has 1 aromatic carbocycles. The molecule has 1 aromatic heterocycles. The van der Waals surface area contributed by atoms with Gasteiger partial charge in [-0.3, -0.25) is 9.59 Å². The predicted molar refractivity (Wildman–Crippen MR) is 88.0 cm³/mol. The lowest BCUT2D eigenvalue weighted by atomic mass is 10.0. The van der Waals surface area contributed by atoms with Crippen molar-refractivity contribution in [2.24, 2.45) is 0 Å². The lowest BCUT2D eigenvalue weighted by Gasteiger charge is -2.09. The van der Waals surface area contributed by atoms with Gasteiger partial charge in [0.15, 0.2) is 5.78 Å². The Morgan fingerprint density at radius 3 is 2.43 bits per heavy atom. The van der Waals surface area contributed by atoms with E-state index in [0.29, 0.717) is 16.0 Å². The molecule has 1 heterocycles. The van der Waals surface area contributed by atoms with Gasteiger partial charge in [0.25, 0.3) is 5.56 Å². The van der Waals surface area contributed by atoms with Crippen LogP contribution >= 0.6 is 15.9 Å². The molecule has 0 aliphatic rings. The van der Waals surface area contributed by atoms with Crippen LogP contribution in [0.5, 0.6) is 0 Å². The normalized spacial score (nSPS) is 10.9. The summed E-state index contributed by atoms with van der Waals surface area (Å²) in [5, 5.41) is 0. The second kappa shape index (κ2) is 6.39. The summed E-state index contributed by atoms with van der Waals surface area (Å²) in [7, 11) is 0. The van der Waals surface area contributed by atoms with Crippen LogP contribution in [0.4, 0.5) is 0 Å². The van der Waals surface area contributed by atoms with Gasteiger partial charge >= 0.3 is 0 Å². The summed E-state index contributed by atoms with van der Waals surface area (Å²) in [6, 6.07) is 9.33. The number of halogens is 1. The molecule has 0 unspecified atom stereocenters. The number of pyridine rings is 1. The topological polar surface area (TPSA) is 39.1 Å². The molecule has 0 spiro atoms. The van der Waals surface area contributed by atoms with Gasteiger partial charge in [-0.25, -0.2) is 0 Å². The second-order valence-electron chi connectivity index (χ2n) is 5.50. The Labute approximate surface area is 132 Å². The third kappa shape index (κ3) is 3.70. The zero-order chi connectivity index (χ0) is 15.6. The van der Waals surface area contributed by atoms with Gasteiger partial charge in [0, 0.05) is 11.8 Å². The number of benzene rings is 1. The number of hydrogen-bond donors (Lipinski definition) is 0. The summed E-state index contributed by atoms with van der Waals surface area (Å²) in [5.74, 6) is 0.370. The third-order valence-corrected chi connectivity index (χ3v) is 3.96. The van der Waals surface area contributed by atoms with E-state index in [1.807, 2.05) is 31.2 Å². The lowest BCUT2D eigenvalue weighted by Crippen LogP contribution is -2.24. The number of hydrogen-bond acceptors (Lipinski definition) is 2. The van der Waals surface area contributed by atoms with Crippen molar-refractivity contribution < 1.29 is 4.79 Å². The molecule has 21 heavy (non-hydrogen) atoms. The van der Waals surface area contributed by atoms with Crippen LogP contribution in [-0.4, -0.2) is 10.4 Å². The largest absolute Gasteiger partial charge is 0.306 e. The number of nitrogens with zero attached hydrogens (tertiary/aromatic N) is 1. The van der Waals surface area contributed by atoms with Gasteiger partial charge < -0.3 is 4.57 Å². The minimum atomic E-state index is -0.187. The van der Waals surface area contributed by atoms with Crippen molar-refractivity contribution >= 4 is 21.7 Å². The van der Waals surface area contributed by atoms with Crippen molar-refractivity contribution in [2.75, 3.05) is 0 Å². The number of Topliss-reactive ketones (excluding diaryl/α,β-unsaturated/α-hetero) is 1. The monoisotopic (exact) mass is 347 g/mol. The summed E-state index contributed by atoms with van der Waals surface area (Å²) in [4.78, 5) is 24.3. The second-order valence-corrected chi connectivity index (χ2v) is 6.35. The summed E-state index contributed by atoms with van der Waals surface area (Å²) < 4.78 is 1.92. The molecule has 0 aliphatic carbocycles. The zero-order valence-electron chi connectivity index (χ0n) is 12.4. The first-order chi connectivity index (χ1) is 9.88. The molecule has 0 amide bonds. The average Bonchev–Trinajstić information content (AvgIpc) is 2.44. The average molecular weight is 348 g/mol. The van der Waals surface area contributed by atoms with Crippen molar-refractivity contribution in [1.82, 2.24) is 4.57 Å². The van der Waals surface area contributed by atoms with Gasteiger partial charge in [0.2, 0.25) is 0 Å². The zero-order valence-corrected chi connectivity index (χ0v) is 14.0. The van der Waals surface area contributed by atoms with Crippen LogP contribution in [0, 0.1) is 6.92 Å². The Balaban J connectivity index is 2.24. The highest BCUT2D eigenvalue weighted by Crippen LogP contribution is 2.15. The number of aryl methyl sites for hydroxylation is 1. The molecular formula is C17H18BrNO2. The summed E-state index contributed by atoms with van der Waals surface area (Å²) in [6.07, 6.45) is 1.70. The summed E-state index contributed by atoms with van der Waals surface area (Å²) in [6.45, 7) is 6.17. The minimum absolute atomic E-state index is 0.0557. The highest BCUT2D eigenvalue weighted by Gasteiger charge is 2.10. The first-order valence-electron chi connectivity index (χ1n) is 6.88. The fourth-order valence-electron chi connectivity index (χ4n) is 2.16. The smallest absolute Gasteiger partial charge is 0.265 e. The van der Waals surface area contributed by atoms with Crippen LogP contribution in [0.15, 0.2) is 45.8 Å². The first kappa shape index (κ1) is 15.7. The summed E-state index contributed by atoms with van der Waals surface area (Å²) >= 11 is 3.22. The molecule has 0 atom stereocenters. The molecule has 0 fully saturated rings. The Morgan fingerprint density at radius 1 is 1.24 bits per heavy atom. The van der Waals surface area contributed by atoms with Crippen LogP contribution in [0.1, 0.15) is 41.3 Å². The minimum Gasteiger partial charge on any atom is -0.306 e. The van der Waals surface area contributed by atoms with E-state index in [1.54, 1.807) is 12.3 Å². The van der Waals surface area contributed by atoms with Crippen LogP contribution < -0.4 is 5.56 Å². The van der Waals surface area contributed by atoms with Gasteiger partial charge in [-0.05, 0) is 46.0 Å². The Kier molecular flexibility index (Phi) is 4.78. The molecule has 2 aromatic rings. The van der Waals surface area contributed by atoms with E-state index in [2.05, 4.69) is 29.8 Å². The molecule has 0 N–H and O–H groups in total. The Bertz CT molecular complexity index is 715. The Morgan fingerprint density at radius 2 is 1.86 bits per heavy atom. The number of carbonyl (C=O) groups excluding carboxylic acids is 1. The molecule has 2 rings (SSSR count). The van der Waals surface area contributed by atoms with E-state index < -0.39 is 0 Å². The van der Waals surface area contributed by atoms with E-state index in [4.69, 9.17) is 0 Å². The maximum absolute atomic E-state index is 12.3. The van der Waals surface area contributed by atoms with E-state index in [0.717, 1.165) is 5.56 Å². The molecule has 0 aliphatic heterocycles. The van der Waals surface area contributed by atoms with Gasteiger partial charge in [-0.1, -0.05) is 38.1 Å². The van der Waals surface area contributed by atoms with Crippen molar-refractivity contribution in [3.05, 3.63) is 68.0 Å². The highest BCUT2D eigenvalue weighted by molar-refractivity contribution is 9.10. The van der Waals surface area contributed by atoms with Crippen LogP contribution in [0.3, 0.4) is 0 Å². The maximum Gasteiger partial charge on any atom is 0.265 e. The Hall–Kier alpha value is -1.68. The fourth-order valence-corrected chi connectivity index (χ4v) is 2.75. The van der Waals surface area contributed by atoms with Crippen LogP contribution in [0.2, 0.25) is 0 Å². The van der Waals surface area contributed by atoms with Crippen molar-refractivity contribution in [2.45, 2.75) is 33.2 Å². The van der Waals surface area contributed by atoms with Gasteiger partial charge in [-0.2, -0.15) is 0 Å². The molecule has 0 radical (unpaired) electrons. The van der Waals surface area contributed by atoms with Gasteiger partial charge in [-0.15, -0.1) is 0 Å².